The fourth-order valence-corrected chi connectivity index (χ4v) is 1.82. The first-order valence-corrected chi connectivity index (χ1v) is 5.18. The van der Waals surface area contributed by atoms with Gasteiger partial charge in [0.1, 0.15) is 6.04 Å². The van der Waals surface area contributed by atoms with E-state index in [2.05, 4.69) is 11.9 Å². The molecule has 0 aliphatic carbocycles. The lowest BCUT2D eigenvalue weighted by atomic mass is 10.1. The summed E-state index contributed by atoms with van der Waals surface area (Å²) in [5.41, 5.74) is 0. The van der Waals surface area contributed by atoms with E-state index in [9.17, 15) is 13.2 Å². The summed E-state index contributed by atoms with van der Waals surface area (Å²) in [6.45, 7) is 5.69. The lowest BCUT2D eigenvalue weighted by Gasteiger charge is -2.35. The molecule has 0 saturated carbocycles. The van der Waals surface area contributed by atoms with E-state index in [-0.39, 0.29) is 6.42 Å². The van der Waals surface area contributed by atoms with Gasteiger partial charge < -0.3 is 5.32 Å². The Balaban J connectivity index is 2.57. The summed E-state index contributed by atoms with van der Waals surface area (Å²) in [5.74, 6) is 0. The maximum Gasteiger partial charge on any atom is 0.404 e. The van der Waals surface area contributed by atoms with Crippen molar-refractivity contribution in [1.82, 2.24) is 10.2 Å². The van der Waals surface area contributed by atoms with Crippen molar-refractivity contribution in [3.63, 3.8) is 0 Å². The zero-order valence-corrected chi connectivity index (χ0v) is 8.69. The van der Waals surface area contributed by atoms with E-state index >= 15 is 0 Å². The van der Waals surface area contributed by atoms with Crippen LogP contribution in [-0.4, -0.2) is 43.3 Å². The largest absolute Gasteiger partial charge is 0.404 e. The van der Waals surface area contributed by atoms with Crippen molar-refractivity contribution in [3.8, 4) is 0 Å². The lowest BCUT2D eigenvalue weighted by molar-refractivity contribution is -0.186. The zero-order chi connectivity index (χ0) is 11.3. The summed E-state index contributed by atoms with van der Waals surface area (Å²) < 4.78 is 38.2. The van der Waals surface area contributed by atoms with Crippen LogP contribution in [0.3, 0.4) is 0 Å². The van der Waals surface area contributed by atoms with Crippen molar-refractivity contribution in [2.75, 3.05) is 26.2 Å². The molecule has 0 amide bonds. The second kappa shape index (κ2) is 5.51. The van der Waals surface area contributed by atoms with Crippen molar-refractivity contribution in [1.29, 1.82) is 0 Å². The number of nitrogens with one attached hydrogen (secondary N) is 1. The minimum Gasteiger partial charge on any atom is -0.314 e. The van der Waals surface area contributed by atoms with Gasteiger partial charge in [0.25, 0.3) is 0 Å². The van der Waals surface area contributed by atoms with Gasteiger partial charge in [-0.05, 0) is 12.8 Å². The lowest BCUT2D eigenvalue weighted by Crippen LogP contribution is -2.53. The van der Waals surface area contributed by atoms with Crippen LogP contribution in [-0.2, 0) is 0 Å². The Kier molecular flexibility index (Phi) is 4.60. The maximum absolute atomic E-state index is 12.7. The predicted molar refractivity (Wildman–Crippen MR) is 53.7 cm³/mol. The summed E-state index contributed by atoms with van der Waals surface area (Å²) in [4.78, 5) is 1.51. The number of nitrogens with zero attached hydrogens (tertiary/aromatic N) is 1. The normalized spacial score (nSPS) is 21.3. The number of halogens is 3. The summed E-state index contributed by atoms with van der Waals surface area (Å²) in [7, 11) is 0. The van der Waals surface area contributed by atoms with Crippen LogP contribution in [0, 0.1) is 0 Å². The first kappa shape index (κ1) is 12.5. The number of piperazine rings is 1. The highest BCUT2D eigenvalue weighted by atomic mass is 19.4. The van der Waals surface area contributed by atoms with Crippen LogP contribution in [0.2, 0.25) is 0 Å². The van der Waals surface area contributed by atoms with Crippen LogP contribution in [0.4, 0.5) is 13.2 Å². The molecular formula is C10H17F3N2. The third-order valence-corrected chi connectivity index (χ3v) is 2.61. The van der Waals surface area contributed by atoms with Crippen LogP contribution in [0.1, 0.15) is 12.8 Å². The molecule has 1 heterocycles. The van der Waals surface area contributed by atoms with Crippen molar-refractivity contribution >= 4 is 0 Å². The Morgan fingerprint density at radius 3 is 2.40 bits per heavy atom. The molecule has 0 unspecified atom stereocenters. The molecule has 1 N–H and O–H groups in total. The number of hydrogen-bond donors (Lipinski definition) is 1. The number of hydrogen-bond acceptors (Lipinski definition) is 2. The minimum absolute atomic E-state index is 0.118. The van der Waals surface area contributed by atoms with E-state index < -0.39 is 12.2 Å². The predicted octanol–water partition coefficient (Wildman–Crippen LogP) is 1.79. The first-order valence-electron chi connectivity index (χ1n) is 5.18. The van der Waals surface area contributed by atoms with E-state index in [0.29, 0.717) is 32.6 Å². The van der Waals surface area contributed by atoms with E-state index in [0.717, 1.165) is 0 Å². The average molecular weight is 222 g/mol. The fourth-order valence-electron chi connectivity index (χ4n) is 1.82. The molecule has 0 aromatic rings. The SMILES string of the molecule is C=CCC[C@@H](N1CCNCC1)C(F)(F)F. The first-order chi connectivity index (χ1) is 7.05. The summed E-state index contributed by atoms with van der Waals surface area (Å²) >= 11 is 0. The monoisotopic (exact) mass is 222 g/mol. The Morgan fingerprint density at radius 1 is 1.33 bits per heavy atom. The Morgan fingerprint density at radius 2 is 1.93 bits per heavy atom. The smallest absolute Gasteiger partial charge is 0.314 e. The second-order valence-corrected chi connectivity index (χ2v) is 3.71. The van der Waals surface area contributed by atoms with E-state index in [1.165, 1.54) is 4.90 Å². The van der Waals surface area contributed by atoms with Crippen LogP contribution < -0.4 is 5.32 Å². The van der Waals surface area contributed by atoms with Crippen molar-refractivity contribution in [3.05, 3.63) is 12.7 Å². The van der Waals surface area contributed by atoms with Crippen molar-refractivity contribution < 1.29 is 13.2 Å². The molecule has 0 spiro atoms. The molecule has 1 atom stereocenters. The van der Waals surface area contributed by atoms with Crippen LogP contribution >= 0.6 is 0 Å². The minimum atomic E-state index is -4.12. The maximum atomic E-state index is 12.7. The van der Waals surface area contributed by atoms with Gasteiger partial charge in [-0.15, -0.1) is 6.58 Å². The van der Waals surface area contributed by atoms with Gasteiger partial charge in [0, 0.05) is 26.2 Å². The highest BCUT2D eigenvalue weighted by Crippen LogP contribution is 2.28. The van der Waals surface area contributed by atoms with E-state index in [4.69, 9.17) is 0 Å². The standard InChI is InChI=1S/C10H17F3N2/c1-2-3-4-9(10(11,12)13)15-7-5-14-6-8-15/h2,9,14H,1,3-8H2/t9-/m1/s1. The Hall–Kier alpha value is -0.550. The van der Waals surface area contributed by atoms with Crippen LogP contribution in [0.25, 0.3) is 0 Å². The van der Waals surface area contributed by atoms with Crippen LogP contribution in [0.5, 0.6) is 0 Å². The van der Waals surface area contributed by atoms with Gasteiger partial charge in [0.05, 0.1) is 0 Å². The molecule has 15 heavy (non-hydrogen) atoms. The van der Waals surface area contributed by atoms with Gasteiger partial charge in [-0.25, -0.2) is 0 Å². The summed E-state index contributed by atoms with van der Waals surface area (Å²) in [5, 5.41) is 3.05. The number of allylic oxidation sites excluding steroid dienone is 1. The topological polar surface area (TPSA) is 15.3 Å². The van der Waals surface area contributed by atoms with Gasteiger partial charge in [-0.1, -0.05) is 6.08 Å². The summed E-state index contributed by atoms with van der Waals surface area (Å²) in [6, 6.07) is -1.31. The van der Waals surface area contributed by atoms with Gasteiger partial charge >= 0.3 is 6.18 Å². The average Bonchev–Trinajstić information content (AvgIpc) is 2.18. The second-order valence-electron chi connectivity index (χ2n) is 3.71. The molecule has 1 aliphatic heterocycles. The Labute approximate surface area is 88.1 Å². The molecule has 0 aromatic heterocycles. The molecule has 5 heteroatoms. The third-order valence-electron chi connectivity index (χ3n) is 2.61. The zero-order valence-electron chi connectivity index (χ0n) is 8.69. The van der Waals surface area contributed by atoms with Crippen molar-refractivity contribution in [2.45, 2.75) is 25.1 Å². The van der Waals surface area contributed by atoms with Gasteiger partial charge in [-0.3, -0.25) is 4.90 Å². The van der Waals surface area contributed by atoms with Gasteiger partial charge in [-0.2, -0.15) is 13.2 Å². The molecule has 2 nitrogen and oxygen atoms in total. The molecule has 1 rings (SSSR count). The van der Waals surface area contributed by atoms with Crippen molar-refractivity contribution in [2.24, 2.45) is 0 Å². The molecule has 88 valence electrons. The highest BCUT2D eigenvalue weighted by Gasteiger charge is 2.42. The third kappa shape index (κ3) is 3.83. The molecule has 1 aliphatic rings. The molecule has 1 saturated heterocycles. The molecular weight excluding hydrogens is 205 g/mol. The fraction of sp³-hybridized carbons (Fsp3) is 0.800. The van der Waals surface area contributed by atoms with E-state index in [1.54, 1.807) is 6.08 Å². The highest BCUT2D eigenvalue weighted by molar-refractivity contribution is 4.84. The Bertz CT molecular complexity index is 197. The molecule has 0 radical (unpaired) electrons. The van der Waals surface area contributed by atoms with Gasteiger partial charge in [0.2, 0.25) is 0 Å². The van der Waals surface area contributed by atoms with E-state index in [1.807, 2.05) is 0 Å². The number of rotatable bonds is 4. The molecule has 0 aromatic carbocycles. The van der Waals surface area contributed by atoms with Gasteiger partial charge in [0.15, 0.2) is 0 Å². The number of alkyl halides is 3. The summed E-state index contributed by atoms with van der Waals surface area (Å²) in [6.07, 6.45) is -2.05. The van der Waals surface area contributed by atoms with Crippen LogP contribution in [0.15, 0.2) is 12.7 Å². The quantitative estimate of drug-likeness (QED) is 0.729. The molecule has 0 bridgehead atoms. The molecule has 1 fully saturated rings.